The third-order valence-electron chi connectivity index (χ3n) is 3.37. The van der Waals surface area contributed by atoms with Crippen molar-refractivity contribution in [2.24, 2.45) is 5.73 Å². The van der Waals surface area contributed by atoms with E-state index in [-0.39, 0.29) is 5.91 Å². The molecule has 1 aliphatic rings. The molecule has 1 aromatic rings. The second kappa shape index (κ2) is 6.04. The zero-order valence-electron chi connectivity index (χ0n) is 10.5. The molecule has 1 amide bonds. The topological polar surface area (TPSA) is 68.0 Å². The Bertz CT molecular complexity index is 392. The monoisotopic (exact) mass is 285 g/mol. The summed E-state index contributed by atoms with van der Waals surface area (Å²) in [6, 6.07) is 0. The van der Waals surface area contributed by atoms with Crippen molar-refractivity contribution in [3.63, 3.8) is 0 Å². The number of carbonyl (C=O) groups is 1. The van der Waals surface area contributed by atoms with E-state index in [2.05, 4.69) is 10.3 Å². The zero-order valence-corrected chi connectivity index (χ0v) is 12.1. The molecule has 0 aliphatic heterocycles. The van der Waals surface area contributed by atoms with Crippen LogP contribution in [-0.2, 0) is 4.79 Å². The van der Waals surface area contributed by atoms with Crippen molar-refractivity contribution >= 4 is 29.0 Å². The van der Waals surface area contributed by atoms with Crippen LogP contribution in [0.4, 0.5) is 0 Å². The fraction of sp³-hybridized carbons (Fsp3) is 0.667. The number of hydrogen-bond acceptors (Lipinski definition) is 5. The number of thiazole rings is 1. The highest BCUT2D eigenvalue weighted by molar-refractivity contribution is 8.01. The summed E-state index contributed by atoms with van der Waals surface area (Å²) in [6.45, 7) is 2.79. The standard InChI is InChI=1S/C12H19N3OS2/c1-2-15-12(10(13)16)5-3-4-9(8-12)18-11-14-6-7-17-11/h6-7,9,15H,2-5,8H2,1H3,(H2,13,16). The van der Waals surface area contributed by atoms with Crippen LogP contribution in [0.2, 0.25) is 0 Å². The number of amides is 1. The Hall–Kier alpha value is -0.590. The average molecular weight is 285 g/mol. The van der Waals surface area contributed by atoms with Crippen molar-refractivity contribution in [2.45, 2.75) is 47.7 Å². The molecule has 18 heavy (non-hydrogen) atoms. The number of nitrogens with one attached hydrogen (secondary N) is 1. The van der Waals surface area contributed by atoms with Crippen LogP contribution >= 0.6 is 23.1 Å². The molecule has 1 aliphatic carbocycles. The van der Waals surface area contributed by atoms with Gasteiger partial charge >= 0.3 is 0 Å². The normalized spacial score (nSPS) is 28.2. The van der Waals surface area contributed by atoms with Gasteiger partial charge in [0, 0.05) is 16.8 Å². The minimum Gasteiger partial charge on any atom is -0.368 e. The molecule has 0 radical (unpaired) electrons. The molecule has 1 saturated carbocycles. The number of rotatable bonds is 5. The van der Waals surface area contributed by atoms with Gasteiger partial charge in [-0.25, -0.2) is 4.98 Å². The van der Waals surface area contributed by atoms with Crippen LogP contribution in [0.15, 0.2) is 15.9 Å². The highest BCUT2D eigenvalue weighted by Crippen LogP contribution is 2.38. The van der Waals surface area contributed by atoms with Gasteiger partial charge in [0.15, 0.2) is 0 Å². The smallest absolute Gasteiger partial charge is 0.237 e. The van der Waals surface area contributed by atoms with Crippen molar-refractivity contribution in [1.29, 1.82) is 0 Å². The third kappa shape index (κ3) is 3.05. The van der Waals surface area contributed by atoms with Crippen molar-refractivity contribution in [3.05, 3.63) is 11.6 Å². The first-order valence-electron chi connectivity index (χ1n) is 6.27. The summed E-state index contributed by atoms with van der Waals surface area (Å²) in [5, 5.41) is 5.71. The Kier molecular flexibility index (Phi) is 4.64. The molecule has 4 nitrogen and oxygen atoms in total. The van der Waals surface area contributed by atoms with Gasteiger partial charge in [-0.15, -0.1) is 11.3 Å². The fourth-order valence-corrected chi connectivity index (χ4v) is 4.76. The third-order valence-corrected chi connectivity index (χ3v) is 5.55. The lowest BCUT2D eigenvalue weighted by atomic mass is 9.80. The molecule has 0 spiro atoms. The molecule has 1 fully saturated rings. The van der Waals surface area contributed by atoms with E-state index < -0.39 is 5.54 Å². The van der Waals surface area contributed by atoms with Crippen LogP contribution in [-0.4, -0.2) is 28.2 Å². The van der Waals surface area contributed by atoms with Crippen molar-refractivity contribution in [1.82, 2.24) is 10.3 Å². The van der Waals surface area contributed by atoms with Gasteiger partial charge in [-0.05, 0) is 32.2 Å². The molecule has 1 aromatic heterocycles. The van der Waals surface area contributed by atoms with E-state index in [0.717, 1.165) is 36.6 Å². The second-order valence-electron chi connectivity index (χ2n) is 4.61. The Morgan fingerprint density at radius 1 is 1.78 bits per heavy atom. The molecule has 100 valence electrons. The van der Waals surface area contributed by atoms with E-state index in [1.54, 1.807) is 23.1 Å². The summed E-state index contributed by atoms with van der Waals surface area (Å²) < 4.78 is 1.08. The maximum absolute atomic E-state index is 11.8. The number of hydrogen-bond donors (Lipinski definition) is 2. The summed E-state index contributed by atoms with van der Waals surface area (Å²) >= 11 is 3.43. The summed E-state index contributed by atoms with van der Waals surface area (Å²) in [5.41, 5.74) is 5.09. The molecule has 0 bridgehead atoms. The first-order valence-corrected chi connectivity index (χ1v) is 8.03. The van der Waals surface area contributed by atoms with E-state index in [0.29, 0.717) is 5.25 Å². The molecule has 2 rings (SSSR count). The van der Waals surface area contributed by atoms with Gasteiger partial charge in [0.2, 0.25) is 5.91 Å². The van der Waals surface area contributed by atoms with Crippen molar-refractivity contribution in [2.75, 3.05) is 6.54 Å². The molecule has 2 atom stereocenters. The lowest BCUT2D eigenvalue weighted by Crippen LogP contribution is -2.58. The Balaban J connectivity index is 2.04. The molecule has 0 saturated heterocycles. The zero-order chi connectivity index (χ0) is 13.0. The van der Waals surface area contributed by atoms with E-state index in [1.807, 2.05) is 18.5 Å². The predicted molar refractivity (Wildman–Crippen MR) is 75.8 cm³/mol. The summed E-state index contributed by atoms with van der Waals surface area (Å²) in [4.78, 5) is 16.0. The van der Waals surface area contributed by atoms with E-state index >= 15 is 0 Å². The summed E-state index contributed by atoms with van der Waals surface area (Å²) in [7, 11) is 0. The first-order chi connectivity index (χ1) is 8.66. The van der Waals surface area contributed by atoms with E-state index in [4.69, 9.17) is 5.73 Å². The SMILES string of the molecule is CCNC1(C(N)=O)CCCC(Sc2nccs2)C1. The van der Waals surface area contributed by atoms with E-state index in [9.17, 15) is 4.79 Å². The number of primary amides is 1. The van der Waals surface area contributed by atoms with Crippen molar-refractivity contribution in [3.8, 4) is 0 Å². The number of nitrogens with two attached hydrogens (primary N) is 1. The lowest BCUT2D eigenvalue weighted by Gasteiger charge is -2.38. The second-order valence-corrected chi connectivity index (χ2v) is 7.05. The molecule has 6 heteroatoms. The van der Waals surface area contributed by atoms with Crippen LogP contribution in [0.5, 0.6) is 0 Å². The largest absolute Gasteiger partial charge is 0.368 e. The Morgan fingerprint density at radius 3 is 3.22 bits per heavy atom. The highest BCUT2D eigenvalue weighted by Gasteiger charge is 2.41. The number of aromatic nitrogens is 1. The number of nitrogens with zero attached hydrogens (tertiary/aromatic N) is 1. The van der Waals surface area contributed by atoms with Gasteiger partial charge in [0.05, 0.1) is 5.54 Å². The van der Waals surface area contributed by atoms with Crippen LogP contribution in [0.3, 0.4) is 0 Å². The maximum atomic E-state index is 11.8. The van der Waals surface area contributed by atoms with Crippen LogP contribution in [0.1, 0.15) is 32.6 Å². The van der Waals surface area contributed by atoms with Crippen LogP contribution in [0, 0.1) is 0 Å². The number of likely N-dealkylation sites (N-methyl/N-ethyl adjacent to an activating group) is 1. The first kappa shape index (κ1) is 13.8. The molecular formula is C12H19N3OS2. The summed E-state index contributed by atoms with van der Waals surface area (Å²) in [6.07, 6.45) is 5.65. The predicted octanol–water partition coefficient (Wildman–Crippen LogP) is 2.01. The number of carbonyl (C=O) groups excluding carboxylic acids is 1. The van der Waals surface area contributed by atoms with Gasteiger partial charge in [-0.1, -0.05) is 18.7 Å². The molecule has 0 aromatic carbocycles. The quantitative estimate of drug-likeness (QED) is 0.868. The summed E-state index contributed by atoms with van der Waals surface area (Å²) in [5.74, 6) is -0.214. The lowest BCUT2D eigenvalue weighted by molar-refractivity contribution is -0.125. The Morgan fingerprint density at radius 2 is 2.61 bits per heavy atom. The number of thioether (sulfide) groups is 1. The highest BCUT2D eigenvalue weighted by atomic mass is 32.2. The van der Waals surface area contributed by atoms with Crippen molar-refractivity contribution < 1.29 is 4.79 Å². The molecular weight excluding hydrogens is 266 g/mol. The molecule has 3 N–H and O–H groups in total. The fourth-order valence-electron chi connectivity index (χ4n) is 2.55. The average Bonchev–Trinajstić information content (AvgIpc) is 2.82. The van der Waals surface area contributed by atoms with Gasteiger partial charge in [0.25, 0.3) is 0 Å². The van der Waals surface area contributed by atoms with Gasteiger partial charge in [-0.2, -0.15) is 0 Å². The Labute approximate surface area is 116 Å². The molecule has 2 unspecified atom stereocenters. The van der Waals surface area contributed by atoms with Crippen LogP contribution < -0.4 is 11.1 Å². The van der Waals surface area contributed by atoms with E-state index in [1.165, 1.54) is 0 Å². The minimum atomic E-state index is -0.512. The van der Waals surface area contributed by atoms with Gasteiger partial charge < -0.3 is 11.1 Å². The van der Waals surface area contributed by atoms with Gasteiger partial charge in [0.1, 0.15) is 4.34 Å². The van der Waals surface area contributed by atoms with Gasteiger partial charge in [-0.3, -0.25) is 4.79 Å². The minimum absolute atomic E-state index is 0.214. The van der Waals surface area contributed by atoms with Crippen LogP contribution in [0.25, 0.3) is 0 Å². The maximum Gasteiger partial charge on any atom is 0.237 e. The molecule has 1 heterocycles.